The molecule has 0 fully saturated rings. The zero-order valence-electron chi connectivity index (χ0n) is 12.7. The summed E-state index contributed by atoms with van der Waals surface area (Å²) in [5, 5.41) is 0. The standard InChI is InChI=1S/C16H28N2S/c1-13(10-11-19-4)18(3)16(12-17)14(2)15-8-6-5-7-9-15/h5-9,13-14,16H,10-12,17H2,1-4H3. The molecule has 108 valence electrons. The van der Waals surface area contributed by atoms with E-state index in [2.05, 4.69) is 62.4 Å². The molecule has 2 nitrogen and oxygen atoms in total. The third-order valence-corrected chi connectivity index (χ3v) is 4.75. The quantitative estimate of drug-likeness (QED) is 0.793. The molecule has 0 aromatic heterocycles. The van der Waals surface area contributed by atoms with Crippen LogP contribution in [-0.4, -0.2) is 42.6 Å². The highest BCUT2D eigenvalue weighted by atomic mass is 32.2. The van der Waals surface area contributed by atoms with E-state index >= 15 is 0 Å². The molecule has 2 N–H and O–H groups in total. The maximum absolute atomic E-state index is 6.03. The smallest absolute Gasteiger partial charge is 0.0284 e. The van der Waals surface area contributed by atoms with Gasteiger partial charge in [-0.1, -0.05) is 37.3 Å². The van der Waals surface area contributed by atoms with Crippen LogP contribution in [0.15, 0.2) is 30.3 Å². The Morgan fingerprint density at radius 1 is 1.21 bits per heavy atom. The van der Waals surface area contributed by atoms with Gasteiger partial charge in [-0.05, 0) is 43.9 Å². The van der Waals surface area contributed by atoms with Gasteiger partial charge in [0.25, 0.3) is 0 Å². The molecule has 3 unspecified atom stereocenters. The first-order valence-electron chi connectivity index (χ1n) is 7.07. The number of likely N-dealkylation sites (N-methyl/N-ethyl adjacent to an activating group) is 1. The molecule has 0 aliphatic carbocycles. The van der Waals surface area contributed by atoms with Gasteiger partial charge < -0.3 is 5.73 Å². The highest BCUT2D eigenvalue weighted by Crippen LogP contribution is 2.23. The summed E-state index contributed by atoms with van der Waals surface area (Å²) in [5.74, 6) is 1.68. The van der Waals surface area contributed by atoms with Crippen LogP contribution in [0.3, 0.4) is 0 Å². The fraction of sp³-hybridized carbons (Fsp3) is 0.625. The van der Waals surface area contributed by atoms with Crippen molar-refractivity contribution in [3.05, 3.63) is 35.9 Å². The first-order valence-corrected chi connectivity index (χ1v) is 8.47. The summed E-state index contributed by atoms with van der Waals surface area (Å²) in [6.07, 6.45) is 3.38. The van der Waals surface area contributed by atoms with Crippen LogP contribution >= 0.6 is 11.8 Å². The molecule has 0 saturated carbocycles. The average Bonchev–Trinajstić information content (AvgIpc) is 2.46. The second kappa shape index (κ2) is 8.62. The van der Waals surface area contributed by atoms with Crippen LogP contribution < -0.4 is 5.73 Å². The van der Waals surface area contributed by atoms with Gasteiger partial charge in [-0.3, -0.25) is 4.90 Å². The lowest BCUT2D eigenvalue weighted by Gasteiger charge is -2.36. The highest BCUT2D eigenvalue weighted by Gasteiger charge is 2.24. The van der Waals surface area contributed by atoms with E-state index in [1.54, 1.807) is 0 Å². The molecule has 0 aliphatic heterocycles. The van der Waals surface area contributed by atoms with E-state index < -0.39 is 0 Å². The number of nitrogens with zero attached hydrogens (tertiary/aromatic N) is 1. The van der Waals surface area contributed by atoms with Crippen LogP contribution in [0.4, 0.5) is 0 Å². The van der Waals surface area contributed by atoms with Crippen molar-refractivity contribution in [2.24, 2.45) is 5.73 Å². The summed E-state index contributed by atoms with van der Waals surface area (Å²) in [6, 6.07) is 11.7. The lowest BCUT2D eigenvalue weighted by Crippen LogP contribution is -2.46. The van der Waals surface area contributed by atoms with Crippen LogP contribution in [0.1, 0.15) is 31.7 Å². The molecule has 0 spiro atoms. The Morgan fingerprint density at radius 3 is 2.37 bits per heavy atom. The minimum atomic E-state index is 0.402. The van der Waals surface area contributed by atoms with Crippen molar-refractivity contribution < 1.29 is 0 Å². The Hall–Kier alpha value is -0.510. The van der Waals surface area contributed by atoms with Crippen molar-refractivity contribution in [2.45, 2.75) is 38.3 Å². The predicted octanol–water partition coefficient (Wildman–Crippen LogP) is 3.19. The van der Waals surface area contributed by atoms with Crippen molar-refractivity contribution in [1.29, 1.82) is 0 Å². The summed E-state index contributed by atoms with van der Waals surface area (Å²) >= 11 is 1.91. The van der Waals surface area contributed by atoms with Gasteiger partial charge in [-0.2, -0.15) is 11.8 Å². The van der Waals surface area contributed by atoms with Crippen molar-refractivity contribution in [1.82, 2.24) is 4.90 Å². The molecule has 0 radical (unpaired) electrons. The number of nitrogens with two attached hydrogens (primary N) is 1. The molecule has 0 bridgehead atoms. The Balaban J connectivity index is 2.71. The van der Waals surface area contributed by atoms with Gasteiger partial charge >= 0.3 is 0 Å². The highest BCUT2D eigenvalue weighted by molar-refractivity contribution is 7.98. The molecule has 0 saturated heterocycles. The normalized spacial score (nSPS) is 16.3. The van der Waals surface area contributed by atoms with E-state index in [1.807, 2.05) is 11.8 Å². The van der Waals surface area contributed by atoms with Crippen LogP contribution in [0.5, 0.6) is 0 Å². The Bertz CT molecular complexity index is 342. The number of hydrogen-bond donors (Lipinski definition) is 1. The molecule has 0 heterocycles. The van der Waals surface area contributed by atoms with Gasteiger partial charge in [-0.15, -0.1) is 0 Å². The third-order valence-electron chi connectivity index (χ3n) is 4.10. The second-order valence-corrected chi connectivity index (χ2v) is 6.28. The van der Waals surface area contributed by atoms with Crippen molar-refractivity contribution in [3.8, 4) is 0 Å². The summed E-state index contributed by atoms with van der Waals surface area (Å²) in [6.45, 7) is 5.29. The first-order chi connectivity index (χ1) is 9.11. The Labute approximate surface area is 122 Å². The molecule has 19 heavy (non-hydrogen) atoms. The first kappa shape index (κ1) is 16.5. The van der Waals surface area contributed by atoms with Gasteiger partial charge in [0.05, 0.1) is 0 Å². The van der Waals surface area contributed by atoms with Gasteiger partial charge in [0, 0.05) is 18.6 Å². The number of benzene rings is 1. The summed E-state index contributed by atoms with van der Waals surface area (Å²) in [7, 11) is 2.21. The minimum Gasteiger partial charge on any atom is -0.329 e. The van der Waals surface area contributed by atoms with Gasteiger partial charge in [0.15, 0.2) is 0 Å². The molecular weight excluding hydrogens is 252 g/mol. The van der Waals surface area contributed by atoms with Crippen molar-refractivity contribution in [2.75, 3.05) is 25.6 Å². The molecule has 3 heteroatoms. The number of hydrogen-bond acceptors (Lipinski definition) is 3. The number of rotatable bonds is 8. The van der Waals surface area contributed by atoms with Crippen LogP contribution in [0, 0.1) is 0 Å². The molecule has 1 aromatic carbocycles. The zero-order valence-corrected chi connectivity index (χ0v) is 13.5. The Kier molecular flexibility index (Phi) is 7.51. The van der Waals surface area contributed by atoms with Crippen molar-refractivity contribution in [3.63, 3.8) is 0 Å². The average molecular weight is 280 g/mol. The largest absolute Gasteiger partial charge is 0.329 e. The summed E-state index contributed by atoms with van der Waals surface area (Å²) in [4.78, 5) is 2.45. The van der Waals surface area contributed by atoms with E-state index in [0.717, 1.165) is 0 Å². The zero-order chi connectivity index (χ0) is 14.3. The van der Waals surface area contributed by atoms with Crippen molar-refractivity contribution >= 4 is 11.8 Å². The van der Waals surface area contributed by atoms with E-state index in [9.17, 15) is 0 Å². The molecule has 3 atom stereocenters. The van der Waals surface area contributed by atoms with E-state index in [0.29, 0.717) is 24.5 Å². The topological polar surface area (TPSA) is 29.3 Å². The van der Waals surface area contributed by atoms with E-state index in [-0.39, 0.29) is 0 Å². The summed E-state index contributed by atoms with van der Waals surface area (Å²) in [5.41, 5.74) is 7.41. The van der Waals surface area contributed by atoms with Gasteiger partial charge in [0.1, 0.15) is 0 Å². The third kappa shape index (κ3) is 4.83. The number of thioether (sulfide) groups is 1. The van der Waals surface area contributed by atoms with E-state index in [4.69, 9.17) is 5.73 Å². The summed E-state index contributed by atoms with van der Waals surface area (Å²) < 4.78 is 0. The maximum Gasteiger partial charge on any atom is 0.0284 e. The van der Waals surface area contributed by atoms with Gasteiger partial charge in [0.2, 0.25) is 0 Å². The van der Waals surface area contributed by atoms with E-state index in [1.165, 1.54) is 17.7 Å². The van der Waals surface area contributed by atoms with Crippen LogP contribution in [0.25, 0.3) is 0 Å². The molecule has 0 aliphatic rings. The second-order valence-electron chi connectivity index (χ2n) is 5.30. The lowest BCUT2D eigenvalue weighted by atomic mass is 9.91. The molecular formula is C16H28N2S. The SMILES string of the molecule is CSCCC(C)N(C)C(CN)C(C)c1ccccc1. The van der Waals surface area contributed by atoms with Gasteiger partial charge in [-0.25, -0.2) is 0 Å². The molecule has 0 amide bonds. The fourth-order valence-electron chi connectivity index (χ4n) is 2.52. The maximum atomic E-state index is 6.03. The lowest BCUT2D eigenvalue weighted by molar-refractivity contribution is 0.165. The predicted molar refractivity (Wildman–Crippen MR) is 87.9 cm³/mol. The molecule has 1 aromatic rings. The Morgan fingerprint density at radius 2 is 1.84 bits per heavy atom. The molecule has 1 rings (SSSR count). The van der Waals surface area contributed by atoms with Crippen LogP contribution in [-0.2, 0) is 0 Å². The fourth-order valence-corrected chi connectivity index (χ4v) is 3.10. The minimum absolute atomic E-state index is 0.402. The van der Waals surface area contributed by atoms with Crippen LogP contribution in [0.2, 0.25) is 0 Å². The monoisotopic (exact) mass is 280 g/mol.